The van der Waals surface area contributed by atoms with Crippen LogP contribution in [0, 0.1) is 0 Å². The number of rotatable bonds is 3. The lowest BCUT2D eigenvalue weighted by Gasteiger charge is -2.37. The zero-order valence-electron chi connectivity index (χ0n) is 11.2. The molecular weight excluding hydrogens is 280 g/mol. The first-order valence-electron chi connectivity index (χ1n) is 6.32. The van der Waals surface area contributed by atoms with E-state index in [1.165, 1.54) is 6.07 Å². The molecule has 5 N–H and O–H groups in total. The third kappa shape index (κ3) is 2.56. The van der Waals surface area contributed by atoms with Crippen molar-refractivity contribution in [2.45, 2.75) is 24.3 Å². The van der Waals surface area contributed by atoms with Crippen molar-refractivity contribution in [3.05, 3.63) is 18.2 Å². The topological polar surface area (TPSA) is 119 Å². The highest BCUT2D eigenvalue weighted by Crippen LogP contribution is 2.31. The Hall–Kier alpha value is -1.80. The molecule has 0 bridgehead atoms. The summed E-state index contributed by atoms with van der Waals surface area (Å²) >= 11 is 0. The number of nitrogens with one attached hydrogen (secondary N) is 1. The monoisotopic (exact) mass is 298 g/mol. The molecule has 1 unspecified atom stereocenters. The summed E-state index contributed by atoms with van der Waals surface area (Å²) in [6.45, 7) is 2.96. The summed E-state index contributed by atoms with van der Waals surface area (Å²) in [7, 11) is -3.88. The Kier molecular flexibility index (Phi) is 3.87. The molecule has 1 heterocycles. The summed E-state index contributed by atoms with van der Waals surface area (Å²) in [5.74, 6) is -0.0841. The highest BCUT2D eigenvalue weighted by atomic mass is 32.2. The molecular formula is C12H18N4O3S. The van der Waals surface area contributed by atoms with E-state index in [2.05, 4.69) is 5.32 Å². The van der Waals surface area contributed by atoms with Crippen molar-refractivity contribution >= 4 is 27.3 Å². The molecule has 1 saturated heterocycles. The van der Waals surface area contributed by atoms with Gasteiger partial charge in [-0.15, -0.1) is 0 Å². The highest BCUT2D eigenvalue weighted by Gasteiger charge is 2.30. The Balaban J connectivity index is 2.50. The molecule has 1 atom stereocenters. The van der Waals surface area contributed by atoms with Gasteiger partial charge in [0.15, 0.2) is 0 Å². The predicted octanol–water partition coefficient (Wildman–Crippen LogP) is -0.369. The molecule has 1 aliphatic rings. The first-order chi connectivity index (χ1) is 9.36. The molecule has 0 spiro atoms. The predicted molar refractivity (Wildman–Crippen MR) is 76.7 cm³/mol. The van der Waals surface area contributed by atoms with Crippen LogP contribution in [0.2, 0.25) is 0 Å². The van der Waals surface area contributed by atoms with Gasteiger partial charge in [-0.2, -0.15) is 0 Å². The molecule has 1 fully saturated rings. The van der Waals surface area contributed by atoms with Gasteiger partial charge in [-0.1, -0.05) is 13.0 Å². The van der Waals surface area contributed by atoms with Gasteiger partial charge in [0.2, 0.25) is 15.9 Å². The van der Waals surface area contributed by atoms with Crippen LogP contribution in [0.4, 0.5) is 11.4 Å². The second kappa shape index (κ2) is 5.29. The number of nitrogens with two attached hydrogens (primary N) is 2. The lowest BCUT2D eigenvalue weighted by atomic mass is 10.1. The van der Waals surface area contributed by atoms with E-state index in [0.717, 1.165) is 0 Å². The van der Waals surface area contributed by atoms with Crippen molar-refractivity contribution in [3.8, 4) is 0 Å². The normalized spacial score (nSPS) is 19.8. The van der Waals surface area contributed by atoms with E-state index >= 15 is 0 Å². The third-order valence-electron chi connectivity index (χ3n) is 3.38. The van der Waals surface area contributed by atoms with Crippen LogP contribution in [0.15, 0.2) is 23.1 Å². The number of amides is 1. The molecule has 7 nitrogen and oxygen atoms in total. The van der Waals surface area contributed by atoms with Gasteiger partial charge in [0.05, 0.1) is 11.4 Å². The van der Waals surface area contributed by atoms with E-state index in [1.54, 1.807) is 12.1 Å². The maximum atomic E-state index is 11.9. The summed E-state index contributed by atoms with van der Waals surface area (Å²) in [6, 6.07) is 4.27. The SMILES string of the molecule is CCC1C(=O)NCCN1c1cccc(S(N)(=O)=O)c1N. The fraction of sp³-hybridized carbons (Fsp3) is 0.417. The fourth-order valence-corrected chi connectivity index (χ4v) is 3.12. The van der Waals surface area contributed by atoms with Crippen molar-refractivity contribution in [1.82, 2.24) is 5.32 Å². The van der Waals surface area contributed by atoms with Gasteiger partial charge in [-0.05, 0) is 18.6 Å². The summed E-state index contributed by atoms with van der Waals surface area (Å²) < 4.78 is 23.0. The molecule has 1 aromatic carbocycles. The maximum Gasteiger partial charge on any atom is 0.242 e. The zero-order chi connectivity index (χ0) is 14.9. The van der Waals surface area contributed by atoms with Crippen molar-refractivity contribution in [2.24, 2.45) is 5.14 Å². The quantitative estimate of drug-likeness (QED) is 0.658. The molecule has 1 aliphatic heterocycles. The van der Waals surface area contributed by atoms with Crippen LogP contribution in [-0.2, 0) is 14.8 Å². The average molecular weight is 298 g/mol. The van der Waals surface area contributed by atoms with Gasteiger partial charge in [-0.3, -0.25) is 4.79 Å². The number of piperazine rings is 1. The standard InChI is InChI=1S/C12H18N4O3S/c1-2-8-12(17)15-6-7-16(8)9-4-3-5-10(11(9)13)20(14,18)19/h3-5,8H,2,6-7,13H2,1H3,(H,15,17)(H2,14,18,19). The molecule has 0 saturated carbocycles. The Morgan fingerprint density at radius 2 is 2.15 bits per heavy atom. The van der Waals surface area contributed by atoms with Gasteiger partial charge >= 0.3 is 0 Å². The summed E-state index contributed by atoms with van der Waals surface area (Å²) in [5.41, 5.74) is 6.54. The van der Waals surface area contributed by atoms with Crippen molar-refractivity contribution in [3.63, 3.8) is 0 Å². The molecule has 8 heteroatoms. The van der Waals surface area contributed by atoms with Gasteiger partial charge in [0, 0.05) is 13.1 Å². The van der Waals surface area contributed by atoms with Crippen molar-refractivity contribution < 1.29 is 13.2 Å². The Bertz CT molecular complexity index is 630. The van der Waals surface area contributed by atoms with Crippen LogP contribution >= 0.6 is 0 Å². The number of primary sulfonamides is 1. The number of benzene rings is 1. The number of hydrogen-bond donors (Lipinski definition) is 3. The number of nitrogen functional groups attached to an aromatic ring is 1. The number of nitrogens with zero attached hydrogens (tertiary/aromatic N) is 1. The van der Waals surface area contributed by atoms with Crippen LogP contribution in [0.3, 0.4) is 0 Å². The number of carbonyl (C=O) groups excluding carboxylic acids is 1. The minimum atomic E-state index is -3.88. The lowest BCUT2D eigenvalue weighted by molar-refractivity contribution is -0.123. The van der Waals surface area contributed by atoms with Gasteiger partial charge in [0.1, 0.15) is 10.9 Å². The molecule has 20 heavy (non-hydrogen) atoms. The van der Waals surface area contributed by atoms with E-state index in [0.29, 0.717) is 25.2 Å². The Morgan fingerprint density at radius 3 is 2.75 bits per heavy atom. The minimum absolute atomic E-state index is 0.0841. The van der Waals surface area contributed by atoms with Crippen LogP contribution < -0.4 is 21.1 Å². The average Bonchev–Trinajstić information content (AvgIpc) is 2.37. The Labute approximate surface area is 118 Å². The second-order valence-corrected chi connectivity index (χ2v) is 6.17. The van der Waals surface area contributed by atoms with Gasteiger partial charge in [0.25, 0.3) is 0 Å². The zero-order valence-corrected chi connectivity index (χ0v) is 12.0. The highest BCUT2D eigenvalue weighted by molar-refractivity contribution is 7.89. The van der Waals surface area contributed by atoms with Crippen molar-refractivity contribution in [1.29, 1.82) is 0 Å². The largest absolute Gasteiger partial charge is 0.396 e. The molecule has 0 radical (unpaired) electrons. The fourth-order valence-electron chi connectivity index (χ4n) is 2.44. The van der Waals surface area contributed by atoms with Crippen LogP contribution in [0.1, 0.15) is 13.3 Å². The van der Waals surface area contributed by atoms with Crippen molar-refractivity contribution in [2.75, 3.05) is 23.7 Å². The number of hydrogen-bond acceptors (Lipinski definition) is 5. The van der Waals surface area contributed by atoms with Crippen LogP contribution in [-0.4, -0.2) is 33.5 Å². The van der Waals surface area contributed by atoms with Gasteiger partial charge in [-0.25, -0.2) is 13.6 Å². The van der Waals surface area contributed by atoms with E-state index < -0.39 is 10.0 Å². The lowest BCUT2D eigenvalue weighted by Crippen LogP contribution is -2.55. The number of sulfonamides is 1. The maximum absolute atomic E-state index is 11.9. The molecule has 0 aliphatic carbocycles. The van der Waals surface area contributed by atoms with Gasteiger partial charge < -0.3 is 16.0 Å². The van der Waals surface area contributed by atoms with E-state index in [1.807, 2.05) is 11.8 Å². The molecule has 1 amide bonds. The first-order valence-corrected chi connectivity index (χ1v) is 7.86. The van der Waals surface area contributed by atoms with E-state index in [9.17, 15) is 13.2 Å². The summed E-state index contributed by atoms with van der Waals surface area (Å²) in [5, 5.41) is 7.93. The van der Waals surface area contributed by atoms with E-state index in [4.69, 9.17) is 10.9 Å². The summed E-state index contributed by atoms with van der Waals surface area (Å²) in [6.07, 6.45) is 0.602. The van der Waals surface area contributed by atoms with E-state index in [-0.39, 0.29) is 22.5 Å². The Morgan fingerprint density at radius 1 is 1.45 bits per heavy atom. The molecule has 0 aromatic heterocycles. The smallest absolute Gasteiger partial charge is 0.242 e. The van der Waals surface area contributed by atoms with Crippen LogP contribution in [0.25, 0.3) is 0 Å². The molecule has 1 aromatic rings. The van der Waals surface area contributed by atoms with Crippen LogP contribution in [0.5, 0.6) is 0 Å². The minimum Gasteiger partial charge on any atom is -0.396 e. The summed E-state index contributed by atoms with van der Waals surface area (Å²) in [4.78, 5) is 13.6. The number of anilines is 2. The number of para-hydroxylation sites is 1. The number of carbonyl (C=O) groups is 1. The molecule has 110 valence electrons. The second-order valence-electron chi connectivity index (χ2n) is 4.64. The third-order valence-corrected chi connectivity index (χ3v) is 4.35. The molecule has 2 rings (SSSR count). The first kappa shape index (κ1) is 14.6.